The van der Waals surface area contributed by atoms with Crippen molar-refractivity contribution in [2.45, 2.75) is 20.8 Å². The van der Waals surface area contributed by atoms with Gasteiger partial charge in [0.05, 0.1) is 5.69 Å². The first kappa shape index (κ1) is 11.2. The summed E-state index contributed by atoms with van der Waals surface area (Å²) >= 11 is 6.09. The number of fused-ring (bicyclic) bond motifs is 1. The third-order valence-corrected chi connectivity index (χ3v) is 3.34. The van der Waals surface area contributed by atoms with Gasteiger partial charge in [-0.3, -0.25) is 0 Å². The second kappa shape index (κ2) is 3.78. The lowest BCUT2D eigenvalue weighted by molar-refractivity contribution is 0.564. The Labute approximate surface area is 108 Å². The number of halogens is 1. The van der Waals surface area contributed by atoms with Gasteiger partial charge in [0, 0.05) is 5.56 Å². The van der Waals surface area contributed by atoms with E-state index in [9.17, 15) is 0 Å². The van der Waals surface area contributed by atoms with E-state index in [2.05, 4.69) is 20.3 Å². The summed E-state index contributed by atoms with van der Waals surface area (Å²) in [5.41, 5.74) is 3.26. The standard InChI is InChI=1S/C11H10ClN5O/c1-5-6(2)10-14-15-11(17(10)16-9(5)12)8-7(3)13-4-18-8/h4H,1-3H3. The maximum Gasteiger partial charge on any atom is 0.222 e. The molecule has 0 spiro atoms. The molecule has 0 saturated heterocycles. The highest BCUT2D eigenvalue weighted by Crippen LogP contribution is 2.25. The van der Waals surface area contributed by atoms with Crippen LogP contribution in [-0.4, -0.2) is 24.8 Å². The number of aryl methyl sites for hydroxylation is 2. The van der Waals surface area contributed by atoms with Gasteiger partial charge >= 0.3 is 0 Å². The summed E-state index contributed by atoms with van der Waals surface area (Å²) < 4.78 is 6.89. The first-order chi connectivity index (χ1) is 8.59. The van der Waals surface area contributed by atoms with Gasteiger partial charge in [-0.1, -0.05) is 11.6 Å². The molecule has 7 heteroatoms. The molecule has 0 amide bonds. The average molecular weight is 264 g/mol. The maximum atomic E-state index is 6.09. The average Bonchev–Trinajstić information content (AvgIpc) is 2.92. The topological polar surface area (TPSA) is 69.1 Å². The van der Waals surface area contributed by atoms with Gasteiger partial charge in [-0.05, 0) is 26.3 Å². The van der Waals surface area contributed by atoms with Crippen molar-refractivity contribution in [1.82, 2.24) is 24.8 Å². The molecule has 0 aromatic carbocycles. The summed E-state index contributed by atoms with van der Waals surface area (Å²) in [6, 6.07) is 0. The van der Waals surface area contributed by atoms with Crippen LogP contribution in [0.15, 0.2) is 10.8 Å². The highest BCUT2D eigenvalue weighted by molar-refractivity contribution is 6.30. The van der Waals surface area contributed by atoms with Crippen LogP contribution in [0.2, 0.25) is 5.15 Å². The first-order valence-electron chi connectivity index (χ1n) is 5.38. The molecule has 6 nitrogen and oxygen atoms in total. The van der Waals surface area contributed by atoms with Gasteiger partial charge in [0.15, 0.2) is 23.0 Å². The third-order valence-electron chi connectivity index (χ3n) is 2.98. The Morgan fingerprint density at radius 1 is 1.17 bits per heavy atom. The minimum absolute atomic E-state index is 0.429. The van der Waals surface area contributed by atoms with Gasteiger partial charge in [-0.2, -0.15) is 9.61 Å². The van der Waals surface area contributed by atoms with Crippen LogP contribution in [0, 0.1) is 20.8 Å². The molecule has 0 bridgehead atoms. The van der Waals surface area contributed by atoms with E-state index in [4.69, 9.17) is 16.0 Å². The zero-order chi connectivity index (χ0) is 12.9. The highest BCUT2D eigenvalue weighted by Gasteiger charge is 2.18. The molecule has 0 fully saturated rings. The van der Waals surface area contributed by atoms with Crippen molar-refractivity contribution in [1.29, 1.82) is 0 Å². The van der Waals surface area contributed by atoms with Gasteiger partial charge in [0.2, 0.25) is 5.82 Å². The molecular formula is C11H10ClN5O. The molecule has 0 unspecified atom stereocenters. The molecule has 3 heterocycles. The van der Waals surface area contributed by atoms with E-state index in [1.165, 1.54) is 6.39 Å². The molecule has 92 valence electrons. The molecule has 3 rings (SSSR count). The quantitative estimate of drug-likeness (QED) is 0.674. The fraction of sp³-hybridized carbons (Fsp3) is 0.273. The van der Waals surface area contributed by atoms with Gasteiger partial charge in [-0.15, -0.1) is 10.2 Å². The number of hydrogen-bond acceptors (Lipinski definition) is 5. The zero-order valence-electron chi connectivity index (χ0n) is 10.1. The Hall–Kier alpha value is -1.95. The van der Waals surface area contributed by atoms with Crippen LogP contribution in [0.25, 0.3) is 17.2 Å². The second-order valence-electron chi connectivity index (χ2n) is 4.07. The minimum atomic E-state index is 0.429. The van der Waals surface area contributed by atoms with Crippen molar-refractivity contribution in [3.63, 3.8) is 0 Å². The van der Waals surface area contributed by atoms with Crippen molar-refractivity contribution in [3.8, 4) is 11.6 Å². The molecule has 0 atom stereocenters. The van der Waals surface area contributed by atoms with Crippen LogP contribution >= 0.6 is 11.6 Å². The Morgan fingerprint density at radius 3 is 2.61 bits per heavy atom. The van der Waals surface area contributed by atoms with Crippen molar-refractivity contribution >= 4 is 17.2 Å². The molecule has 0 aliphatic carbocycles. The van der Waals surface area contributed by atoms with Gasteiger partial charge in [-0.25, -0.2) is 4.98 Å². The molecular weight excluding hydrogens is 254 g/mol. The largest absolute Gasteiger partial charge is 0.440 e. The predicted octanol–water partition coefficient (Wildman–Crippen LogP) is 2.36. The smallest absolute Gasteiger partial charge is 0.222 e. The van der Waals surface area contributed by atoms with Gasteiger partial charge in [0.25, 0.3) is 0 Å². The molecule has 0 saturated carbocycles. The lowest BCUT2D eigenvalue weighted by atomic mass is 10.2. The monoisotopic (exact) mass is 263 g/mol. The number of nitrogens with zero attached hydrogens (tertiary/aromatic N) is 5. The fourth-order valence-corrected chi connectivity index (χ4v) is 1.97. The first-order valence-corrected chi connectivity index (χ1v) is 5.76. The Bertz CT molecular complexity index is 745. The number of hydrogen-bond donors (Lipinski definition) is 0. The Balaban J connectivity index is 2.37. The molecule has 0 aliphatic rings. The summed E-state index contributed by atoms with van der Waals surface area (Å²) in [7, 11) is 0. The predicted molar refractivity (Wildman–Crippen MR) is 65.5 cm³/mol. The van der Waals surface area contributed by atoms with Crippen LogP contribution in [0.4, 0.5) is 0 Å². The van der Waals surface area contributed by atoms with Crippen LogP contribution < -0.4 is 0 Å². The zero-order valence-corrected chi connectivity index (χ0v) is 10.9. The van der Waals surface area contributed by atoms with Crippen molar-refractivity contribution in [2.24, 2.45) is 0 Å². The Morgan fingerprint density at radius 2 is 1.94 bits per heavy atom. The molecule has 3 aromatic rings. The molecule has 18 heavy (non-hydrogen) atoms. The summed E-state index contributed by atoms with van der Waals surface area (Å²) in [6.07, 6.45) is 1.37. The van der Waals surface area contributed by atoms with Gasteiger partial charge in [0.1, 0.15) is 0 Å². The molecule has 0 aliphatic heterocycles. The van der Waals surface area contributed by atoms with E-state index in [-0.39, 0.29) is 0 Å². The molecule has 0 N–H and O–H groups in total. The number of aromatic nitrogens is 5. The number of oxazole rings is 1. The van der Waals surface area contributed by atoms with E-state index in [1.807, 2.05) is 20.8 Å². The van der Waals surface area contributed by atoms with E-state index in [0.717, 1.165) is 16.8 Å². The van der Waals surface area contributed by atoms with Crippen LogP contribution in [0.3, 0.4) is 0 Å². The van der Waals surface area contributed by atoms with E-state index >= 15 is 0 Å². The SMILES string of the molecule is Cc1ncoc1-c1nnc2c(C)c(C)c(Cl)nn12. The second-order valence-corrected chi connectivity index (χ2v) is 4.42. The lowest BCUT2D eigenvalue weighted by Gasteiger charge is -2.04. The van der Waals surface area contributed by atoms with Crippen molar-refractivity contribution in [3.05, 3.63) is 28.4 Å². The summed E-state index contributed by atoms with van der Waals surface area (Å²) in [5.74, 6) is 1.05. The molecule has 0 radical (unpaired) electrons. The van der Waals surface area contributed by atoms with Crippen molar-refractivity contribution < 1.29 is 4.42 Å². The van der Waals surface area contributed by atoms with E-state index in [0.29, 0.717) is 22.4 Å². The van der Waals surface area contributed by atoms with Crippen molar-refractivity contribution in [2.75, 3.05) is 0 Å². The van der Waals surface area contributed by atoms with E-state index < -0.39 is 0 Å². The Kier molecular flexibility index (Phi) is 2.34. The minimum Gasteiger partial charge on any atom is -0.440 e. The van der Waals surface area contributed by atoms with Crippen LogP contribution in [0.5, 0.6) is 0 Å². The normalized spacial score (nSPS) is 11.3. The maximum absolute atomic E-state index is 6.09. The lowest BCUT2D eigenvalue weighted by Crippen LogP contribution is -2.00. The fourth-order valence-electron chi connectivity index (χ4n) is 1.75. The van der Waals surface area contributed by atoms with Gasteiger partial charge < -0.3 is 4.42 Å². The summed E-state index contributed by atoms with van der Waals surface area (Å²) in [5, 5.41) is 12.9. The van der Waals surface area contributed by atoms with Crippen LogP contribution in [-0.2, 0) is 0 Å². The summed E-state index contributed by atoms with van der Waals surface area (Å²) in [4.78, 5) is 4.03. The summed E-state index contributed by atoms with van der Waals surface area (Å²) in [6.45, 7) is 5.67. The molecule has 3 aromatic heterocycles. The number of rotatable bonds is 1. The highest BCUT2D eigenvalue weighted by atomic mass is 35.5. The third kappa shape index (κ3) is 1.42. The van der Waals surface area contributed by atoms with E-state index in [1.54, 1.807) is 4.52 Å². The van der Waals surface area contributed by atoms with Crippen LogP contribution in [0.1, 0.15) is 16.8 Å².